The first-order valence-corrected chi connectivity index (χ1v) is 7.99. The van der Waals surface area contributed by atoms with E-state index in [-0.39, 0.29) is 18.6 Å². The topological polar surface area (TPSA) is 66.8 Å². The number of rotatable bonds is 4. The van der Waals surface area contributed by atoms with Crippen LogP contribution in [0.3, 0.4) is 0 Å². The highest BCUT2D eigenvalue weighted by Crippen LogP contribution is 2.27. The van der Waals surface area contributed by atoms with Crippen LogP contribution in [0.25, 0.3) is 0 Å². The van der Waals surface area contributed by atoms with Crippen LogP contribution in [0.2, 0.25) is 5.02 Å². The van der Waals surface area contributed by atoms with Crippen molar-refractivity contribution >= 4 is 23.5 Å². The van der Waals surface area contributed by atoms with Crippen molar-refractivity contribution in [3.63, 3.8) is 0 Å². The number of aliphatic carboxylic acids is 1. The standard InChI is InChI=1S/C17H22ClNO4/c1-11-9-19(10-14(23-11)15(20)21)16(22)17(2,3)8-12-5-4-6-13(18)7-12/h4-7,11,14H,8-10H2,1-3H3,(H,20,21)/t11-,14?/m1/s1. The van der Waals surface area contributed by atoms with E-state index in [0.29, 0.717) is 18.0 Å². The summed E-state index contributed by atoms with van der Waals surface area (Å²) in [5.74, 6) is -1.11. The molecule has 0 bridgehead atoms. The minimum atomic E-state index is -1.04. The van der Waals surface area contributed by atoms with Crippen molar-refractivity contribution in [2.24, 2.45) is 5.41 Å². The summed E-state index contributed by atoms with van der Waals surface area (Å²) in [4.78, 5) is 25.6. The molecule has 126 valence electrons. The van der Waals surface area contributed by atoms with Gasteiger partial charge in [0.25, 0.3) is 0 Å². The van der Waals surface area contributed by atoms with Gasteiger partial charge in [-0.25, -0.2) is 4.79 Å². The summed E-state index contributed by atoms with van der Waals surface area (Å²) in [6.07, 6.45) is -0.726. The van der Waals surface area contributed by atoms with Gasteiger partial charge in [-0.15, -0.1) is 0 Å². The predicted octanol–water partition coefficient (Wildman–Crippen LogP) is 2.61. The van der Waals surface area contributed by atoms with Gasteiger partial charge in [-0.3, -0.25) is 4.79 Å². The van der Waals surface area contributed by atoms with E-state index in [0.717, 1.165) is 5.56 Å². The Morgan fingerprint density at radius 3 is 2.70 bits per heavy atom. The fraction of sp³-hybridized carbons (Fsp3) is 0.529. The van der Waals surface area contributed by atoms with Crippen molar-refractivity contribution in [3.8, 4) is 0 Å². The highest BCUT2D eigenvalue weighted by Gasteiger charge is 2.38. The summed E-state index contributed by atoms with van der Waals surface area (Å²) in [5, 5.41) is 9.78. The second kappa shape index (κ2) is 6.89. The summed E-state index contributed by atoms with van der Waals surface area (Å²) in [6, 6.07) is 7.43. The number of nitrogens with zero attached hydrogens (tertiary/aromatic N) is 1. The molecule has 0 aromatic heterocycles. The molecule has 1 N–H and O–H groups in total. The van der Waals surface area contributed by atoms with Gasteiger partial charge in [0.1, 0.15) is 0 Å². The molecular formula is C17H22ClNO4. The van der Waals surface area contributed by atoms with Crippen molar-refractivity contribution in [1.29, 1.82) is 0 Å². The molecule has 1 aliphatic rings. The Morgan fingerprint density at radius 2 is 2.09 bits per heavy atom. The summed E-state index contributed by atoms with van der Waals surface area (Å²) in [5.41, 5.74) is 0.331. The molecule has 0 spiro atoms. The number of halogens is 1. The smallest absolute Gasteiger partial charge is 0.334 e. The molecule has 1 aliphatic heterocycles. The predicted molar refractivity (Wildman–Crippen MR) is 87.5 cm³/mol. The first-order chi connectivity index (χ1) is 10.7. The zero-order chi connectivity index (χ0) is 17.2. The lowest BCUT2D eigenvalue weighted by atomic mass is 9.84. The third kappa shape index (κ3) is 4.45. The van der Waals surface area contributed by atoms with E-state index in [9.17, 15) is 9.59 Å². The molecular weight excluding hydrogens is 318 g/mol. The number of amides is 1. The van der Waals surface area contributed by atoms with Gasteiger partial charge in [-0.1, -0.05) is 37.6 Å². The van der Waals surface area contributed by atoms with Gasteiger partial charge in [0, 0.05) is 17.0 Å². The molecule has 5 nitrogen and oxygen atoms in total. The number of carboxylic acid groups (broad SMARTS) is 1. The molecule has 1 unspecified atom stereocenters. The molecule has 2 rings (SSSR count). The Labute approximate surface area is 141 Å². The van der Waals surface area contributed by atoms with E-state index >= 15 is 0 Å². The largest absolute Gasteiger partial charge is 0.479 e. The van der Waals surface area contributed by atoms with E-state index in [1.54, 1.807) is 17.9 Å². The van der Waals surface area contributed by atoms with Crippen molar-refractivity contribution in [1.82, 2.24) is 4.90 Å². The van der Waals surface area contributed by atoms with Crippen LogP contribution in [0.5, 0.6) is 0 Å². The number of ether oxygens (including phenoxy) is 1. The van der Waals surface area contributed by atoms with Crippen LogP contribution < -0.4 is 0 Å². The Balaban J connectivity index is 2.12. The van der Waals surface area contributed by atoms with Gasteiger partial charge in [0.05, 0.1) is 12.6 Å². The number of hydrogen-bond donors (Lipinski definition) is 1. The first-order valence-electron chi connectivity index (χ1n) is 7.61. The average Bonchev–Trinajstić information content (AvgIpc) is 2.45. The monoisotopic (exact) mass is 339 g/mol. The maximum atomic E-state index is 12.9. The minimum Gasteiger partial charge on any atom is -0.479 e. The quantitative estimate of drug-likeness (QED) is 0.915. The lowest BCUT2D eigenvalue weighted by molar-refractivity contribution is -0.169. The van der Waals surface area contributed by atoms with Gasteiger partial charge < -0.3 is 14.7 Å². The van der Waals surface area contributed by atoms with Crippen LogP contribution >= 0.6 is 11.6 Å². The average molecular weight is 340 g/mol. The fourth-order valence-corrected chi connectivity index (χ4v) is 3.13. The number of morpholine rings is 1. The van der Waals surface area contributed by atoms with Crippen LogP contribution in [0.15, 0.2) is 24.3 Å². The normalized spacial score (nSPS) is 22.0. The zero-order valence-corrected chi connectivity index (χ0v) is 14.3. The van der Waals surface area contributed by atoms with E-state index in [2.05, 4.69) is 0 Å². The third-order valence-corrected chi connectivity index (χ3v) is 4.17. The molecule has 0 radical (unpaired) electrons. The van der Waals surface area contributed by atoms with Crippen LogP contribution in [0, 0.1) is 5.41 Å². The molecule has 1 heterocycles. The molecule has 1 aromatic rings. The third-order valence-electron chi connectivity index (χ3n) is 3.94. The van der Waals surface area contributed by atoms with Crippen molar-refractivity contribution in [3.05, 3.63) is 34.9 Å². The Bertz CT molecular complexity index is 602. The number of benzene rings is 1. The molecule has 23 heavy (non-hydrogen) atoms. The van der Waals surface area contributed by atoms with E-state index in [1.807, 2.05) is 32.0 Å². The van der Waals surface area contributed by atoms with Crippen LogP contribution in [0.4, 0.5) is 0 Å². The summed E-state index contributed by atoms with van der Waals surface area (Å²) >= 11 is 6.00. The van der Waals surface area contributed by atoms with Crippen LogP contribution in [0.1, 0.15) is 26.3 Å². The van der Waals surface area contributed by atoms with Crippen molar-refractivity contribution in [2.45, 2.75) is 39.4 Å². The zero-order valence-electron chi connectivity index (χ0n) is 13.6. The first kappa shape index (κ1) is 17.8. The van der Waals surface area contributed by atoms with Crippen LogP contribution in [-0.2, 0) is 20.7 Å². The maximum Gasteiger partial charge on any atom is 0.334 e. The lowest BCUT2D eigenvalue weighted by Gasteiger charge is -2.39. The molecule has 1 aromatic carbocycles. The molecule has 1 saturated heterocycles. The number of hydrogen-bond acceptors (Lipinski definition) is 3. The minimum absolute atomic E-state index is 0.0705. The van der Waals surface area contributed by atoms with E-state index < -0.39 is 17.5 Å². The molecule has 6 heteroatoms. The molecule has 0 saturated carbocycles. The van der Waals surface area contributed by atoms with Crippen molar-refractivity contribution < 1.29 is 19.4 Å². The highest BCUT2D eigenvalue weighted by atomic mass is 35.5. The Morgan fingerprint density at radius 1 is 1.39 bits per heavy atom. The fourth-order valence-electron chi connectivity index (χ4n) is 2.91. The van der Waals surface area contributed by atoms with Gasteiger partial charge in [0.2, 0.25) is 5.91 Å². The molecule has 1 amide bonds. The summed E-state index contributed by atoms with van der Waals surface area (Å²) in [7, 11) is 0. The number of carbonyl (C=O) groups excluding carboxylic acids is 1. The Hall–Kier alpha value is -1.59. The highest BCUT2D eigenvalue weighted by molar-refractivity contribution is 6.30. The van der Waals surface area contributed by atoms with Gasteiger partial charge in [-0.2, -0.15) is 0 Å². The maximum absolute atomic E-state index is 12.9. The summed E-state index contributed by atoms with van der Waals surface area (Å²) < 4.78 is 5.36. The molecule has 1 fully saturated rings. The SMILES string of the molecule is C[C@@H]1CN(C(=O)C(C)(C)Cc2cccc(Cl)c2)CC(C(=O)O)O1. The van der Waals surface area contributed by atoms with Gasteiger partial charge >= 0.3 is 5.97 Å². The van der Waals surface area contributed by atoms with E-state index in [4.69, 9.17) is 21.4 Å². The second-order valence-corrected chi connectivity index (χ2v) is 7.11. The number of carbonyl (C=O) groups is 2. The second-order valence-electron chi connectivity index (χ2n) is 6.67. The molecule has 0 aliphatic carbocycles. The lowest BCUT2D eigenvalue weighted by Crippen LogP contribution is -2.55. The Kier molecular flexibility index (Phi) is 5.32. The van der Waals surface area contributed by atoms with Gasteiger partial charge in [0.15, 0.2) is 6.10 Å². The molecule has 2 atom stereocenters. The van der Waals surface area contributed by atoms with Crippen LogP contribution in [-0.4, -0.2) is 47.2 Å². The summed E-state index contributed by atoms with van der Waals surface area (Å²) in [6.45, 7) is 6.00. The van der Waals surface area contributed by atoms with Gasteiger partial charge in [-0.05, 0) is 31.0 Å². The number of carboxylic acids is 1. The van der Waals surface area contributed by atoms with Crippen molar-refractivity contribution in [2.75, 3.05) is 13.1 Å². The van der Waals surface area contributed by atoms with E-state index in [1.165, 1.54) is 0 Å².